The Morgan fingerprint density at radius 1 is 1.65 bits per heavy atom. The standard InChI is InChI=1S/C12H18N4O/c1-3-5-11(8-13)12(17)15-10(2)9-16-7-4-6-14-16/h4,6-7,10-11H,3,5,9H2,1-2H3,(H,15,17). The van der Waals surface area contributed by atoms with Crippen molar-refractivity contribution >= 4 is 5.91 Å². The van der Waals surface area contributed by atoms with Gasteiger partial charge in [0, 0.05) is 18.4 Å². The van der Waals surface area contributed by atoms with Gasteiger partial charge in [0.1, 0.15) is 5.92 Å². The van der Waals surface area contributed by atoms with Crippen LogP contribution in [0.4, 0.5) is 0 Å². The molecule has 0 spiro atoms. The predicted octanol–water partition coefficient (Wildman–Crippen LogP) is 1.33. The second-order valence-corrected chi connectivity index (χ2v) is 4.11. The van der Waals surface area contributed by atoms with Crippen molar-refractivity contribution in [1.82, 2.24) is 15.1 Å². The summed E-state index contributed by atoms with van der Waals surface area (Å²) in [6.07, 6.45) is 4.98. The largest absolute Gasteiger partial charge is 0.351 e. The van der Waals surface area contributed by atoms with E-state index in [9.17, 15) is 4.79 Å². The molecule has 0 bridgehead atoms. The molecule has 1 aromatic heterocycles. The zero-order valence-electron chi connectivity index (χ0n) is 10.3. The maximum Gasteiger partial charge on any atom is 0.237 e. The average molecular weight is 234 g/mol. The smallest absolute Gasteiger partial charge is 0.237 e. The van der Waals surface area contributed by atoms with E-state index in [2.05, 4.69) is 10.4 Å². The van der Waals surface area contributed by atoms with Gasteiger partial charge in [0.2, 0.25) is 5.91 Å². The Balaban J connectivity index is 2.42. The lowest BCUT2D eigenvalue weighted by atomic mass is 10.0. The highest BCUT2D eigenvalue weighted by Crippen LogP contribution is 2.05. The quantitative estimate of drug-likeness (QED) is 0.807. The van der Waals surface area contributed by atoms with Gasteiger partial charge in [-0.05, 0) is 19.4 Å². The minimum atomic E-state index is -0.542. The molecule has 1 N–H and O–H groups in total. The summed E-state index contributed by atoms with van der Waals surface area (Å²) in [4.78, 5) is 11.7. The van der Waals surface area contributed by atoms with E-state index in [-0.39, 0.29) is 11.9 Å². The van der Waals surface area contributed by atoms with Crippen molar-refractivity contribution < 1.29 is 4.79 Å². The first-order chi connectivity index (χ1) is 8.17. The van der Waals surface area contributed by atoms with Gasteiger partial charge in [-0.1, -0.05) is 13.3 Å². The third-order valence-corrected chi connectivity index (χ3v) is 2.46. The average Bonchev–Trinajstić information content (AvgIpc) is 2.78. The molecule has 0 fully saturated rings. The maximum absolute atomic E-state index is 11.7. The highest BCUT2D eigenvalue weighted by molar-refractivity contribution is 5.81. The number of aromatic nitrogens is 2. The second kappa shape index (κ2) is 6.69. The number of hydrogen-bond donors (Lipinski definition) is 1. The second-order valence-electron chi connectivity index (χ2n) is 4.11. The van der Waals surface area contributed by atoms with Crippen LogP contribution < -0.4 is 5.32 Å². The van der Waals surface area contributed by atoms with Gasteiger partial charge in [-0.2, -0.15) is 10.4 Å². The fraction of sp³-hybridized carbons (Fsp3) is 0.583. The minimum absolute atomic E-state index is 0.0323. The van der Waals surface area contributed by atoms with Crippen molar-refractivity contribution in [3.63, 3.8) is 0 Å². The lowest BCUT2D eigenvalue weighted by Crippen LogP contribution is -2.39. The molecule has 0 aliphatic heterocycles. The van der Waals surface area contributed by atoms with E-state index in [0.29, 0.717) is 13.0 Å². The summed E-state index contributed by atoms with van der Waals surface area (Å²) in [5.41, 5.74) is 0. The third-order valence-electron chi connectivity index (χ3n) is 2.46. The van der Waals surface area contributed by atoms with Crippen LogP contribution >= 0.6 is 0 Å². The van der Waals surface area contributed by atoms with Crippen molar-refractivity contribution in [2.24, 2.45) is 5.92 Å². The molecule has 2 unspecified atom stereocenters. The number of hydrogen-bond acceptors (Lipinski definition) is 3. The lowest BCUT2D eigenvalue weighted by Gasteiger charge is -2.16. The molecule has 0 radical (unpaired) electrons. The van der Waals surface area contributed by atoms with E-state index < -0.39 is 5.92 Å². The van der Waals surface area contributed by atoms with Crippen molar-refractivity contribution in [1.29, 1.82) is 5.26 Å². The Hall–Kier alpha value is -1.83. The molecule has 5 nitrogen and oxygen atoms in total. The summed E-state index contributed by atoms with van der Waals surface area (Å²) >= 11 is 0. The molecule has 1 rings (SSSR count). The molecule has 0 saturated carbocycles. The number of nitrogens with zero attached hydrogens (tertiary/aromatic N) is 3. The highest BCUT2D eigenvalue weighted by Gasteiger charge is 2.18. The Kier molecular flexibility index (Phi) is 5.21. The molecule has 2 atom stereocenters. The number of amides is 1. The number of nitriles is 1. The van der Waals surface area contributed by atoms with Gasteiger partial charge in [0.15, 0.2) is 0 Å². The minimum Gasteiger partial charge on any atom is -0.351 e. The van der Waals surface area contributed by atoms with Crippen LogP contribution in [0.3, 0.4) is 0 Å². The molecule has 0 aliphatic rings. The fourth-order valence-corrected chi connectivity index (χ4v) is 1.62. The van der Waals surface area contributed by atoms with Crippen LogP contribution in [0.1, 0.15) is 26.7 Å². The summed E-state index contributed by atoms with van der Waals surface area (Å²) in [5.74, 6) is -0.728. The van der Waals surface area contributed by atoms with Crippen molar-refractivity contribution in [2.45, 2.75) is 39.3 Å². The summed E-state index contributed by atoms with van der Waals surface area (Å²) in [6.45, 7) is 4.48. The van der Waals surface area contributed by atoms with Gasteiger partial charge < -0.3 is 5.32 Å². The summed E-state index contributed by atoms with van der Waals surface area (Å²) in [6, 6.07) is 3.84. The third kappa shape index (κ3) is 4.27. The molecule has 0 aliphatic carbocycles. The van der Waals surface area contributed by atoms with E-state index in [1.54, 1.807) is 10.9 Å². The number of rotatable bonds is 6. The number of carbonyl (C=O) groups is 1. The van der Waals surface area contributed by atoms with E-state index in [4.69, 9.17) is 5.26 Å². The van der Waals surface area contributed by atoms with Crippen molar-refractivity contribution in [3.8, 4) is 6.07 Å². The molecule has 0 aromatic carbocycles. The van der Waals surface area contributed by atoms with Crippen LogP contribution in [0.2, 0.25) is 0 Å². The van der Waals surface area contributed by atoms with E-state index in [1.165, 1.54) is 0 Å². The van der Waals surface area contributed by atoms with Crippen LogP contribution in [0.5, 0.6) is 0 Å². The summed E-state index contributed by atoms with van der Waals surface area (Å²) < 4.78 is 1.76. The van der Waals surface area contributed by atoms with Gasteiger partial charge in [0.05, 0.1) is 12.6 Å². The first kappa shape index (κ1) is 13.2. The highest BCUT2D eigenvalue weighted by atomic mass is 16.1. The van der Waals surface area contributed by atoms with Crippen LogP contribution in [0.15, 0.2) is 18.5 Å². The van der Waals surface area contributed by atoms with Crippen LogP contribution in [-0.2, 0) is 11.3 Å². The van der Waals surface area contributed by atoms with E-state index in [1.807, 2.05) is 32.2 Å². The molecule has 92 valence electrons. The molecule has 1 amide bonds. The molecular formula is C12H18N4O. The topological polar surface area (TPSA) is 70.7 Å². The zero-order chi connectivity index (χ0) is 12.7. The maximum atomic E-state index is 11.7. The summed E-state index contributed by atoms with van der Waals surface area (Å²) in [5, 5.41) is 15.8. The molecule has 1 heterocycles. The van der Waals surface area contributed by atoms with Gasteiger partial charge in [-0.25, -0.2) is 0 Å². The van der Waals surface area contributed by atoms with E-state index in [0.717, 1.165) is 6.42 Å². The van der Waals surface area contributed by atoms with Crippen LogP contribution in [0.25, 0.3) is 0 Å². The van der Waals surface area contributed by atoms with Gasteiger partial charge >= 0.3 is 0 Å². The van der Waals surface area contributed by atoms with Gasteiger partial charge in [-0.3, -0.25) is 9.48 Å². The number of nitrogens with one attached hydrogen (secondary N) is 1. The Labute approximate surface area is 101 Å². The predicted molar refractivity (Wildman–Crippen MR) is 63.8 cm³/mol. The Morgan fingerprint density at radius 3 is 2.94 bits per heavy atom. The Bertz CT molecular complexity index is 380. The molecule has 0 saturated heterocycles. The lowest BCUT2D eigenvalue weighted by molar-refractivity contribution is -0.124. The fourth-order valence-electron chi connectivity index (χ4n) is 1.62. The zero-order valence-corrected chi connectivity index (χ0v) is 10.3. The summed E-state index contributed by atoms with van der Waals surface area (Å²) in [7, 11) is 0. The van der Waals surface area contributed by atoms with Gasteiger partial charge in [-0.15, -0.1) is 0 Å². The van der Waals surface area contributed by atoms with Crippen LogP contribution in [-0.4, -0.2) is 21.7 Å². The molecule has 5 heteroatoms. The SMILES string of the molecule is CCCC(C#N)C(=O)NC(C)Cn1cccn1. The normalized spacial score (nSPS) is 13.7. The molecular weight excluding hydrogens is 216 g/mol. The first-order valence-electron chi connectivity index (χ1n) is 5.84. The Morgan fingerprint density at radius 2 is 2.41 bits per heavy atom. The van der Waals surface area contributed by atoms with E-state index >= 15 is 0 Å². The van der Waals surface area contributed by atoms with Crippen molar-refractivity contribution in [3.05, 3.63) is 18.5 Å². The van der Waals surface area contributed by atoms with Crippen molar-refractivity contribution in [2.75, 3.05) is 0 Å². The monoisotopic (exact) mass is 234 g/mol. The number of carbonyl (C=O) groups excluding carboxylic acids is 1. The first-order valence-corrected chi connectivity index (χ1v) is 5.84. The molecule has 1 aromatic rings. The molecule has 17 heavy (non-hydrogen) atoms. The van der Waals surface area contributed by atoms with Crippen LogP contribution in [0, 0.1) is 17.2 Å². The van der Waals surface area contributed by atoms with Gasteiger partial charge in [0.25, 0.3) is 0 Å².